The van der Waals surface area contributed by atoms with Gasteiger partial charge in [-0.25, -0.2) is 0 Å². The van der Waals surface area contributed by atoms with Crippen molar-refractivity contribution >= 4 is 18.2 Å². The van der Waals surface area contributed by atoms with E-state index in [1.54, 1.807) is 0 Å². The highest BCUT2D eigenvalue weighted by molar-refractivity contribution is 7.01. The van der Waals surface area contributed by atoms with Crippen LogP contribution in [0.1, 0.15) is 45.4 Å². The minimum atomic E-state index is -0.590. The summed E-state index contributed by atoms with van der Waals surface area (Å²) in [7, 11) is 0.715. The van der Waals surface area contributed by atoms with E-state index in [-0.39, 0.29) is 0 Å². The first kappa shape index (κ1) is 11.4. The zero-order valence-electron chi connectivity index (χ0n) is 8.10. The van der Waals surface area contributed by atoms with Gasteiger partial charge in [-0.3, -0.25) is 0 Å². The normalized spacial score (nSPS) is 13.6. The molecule has 1 atom stereocenters. The van der Waals surface area contributed by atoms with Crippen LogP contribution in [0.4, 0.5) is 0 Å². The fourth-order valence-electron chi connectivity index (χ4n) is 1.25. The molecule has 68 valence electrons. The van der Waals surface area contributed by atoms with E-state index in [2.05, 4.69) is 6.92 Å². The lowest BCUT2D eigenvalue weighted by Gasteiger charge is -2.02. The third kappa shape index (κ3) is 10.4. The fourth-order valence-corrected chi connectivity index (χ4v) is 3.40. The quantitative estimate of drug-likeness (QED) is 0.467. The molecule has 0 bridgehead atoms. The van der Waals surface area contributed by atoms with Gasteiger partial charge in [-0.15, -0.1) is 0 Å². The largest absolute Gasteiger partial charge is 0.356 e. The molecule has 0 heterocycles. The molecule has 0 aromatic rings. The predicted molar refractivity (Wildman–Crippen MR) is 59.5 cm³/mol. The van der Waals surface area contributed by atoms with Gasteiger partial charge in [-0.1, -0.05) is 51.5 Å². The highest BCUT2D eigenvalue weighted by atomic mass is 29.2. The summed E-state index contributed by atoms with van der Waals surface area (Å²) in [4.78, 5) is 0. The Morgan fingerprint density at radius 3 is 2.18 bits per heavy atom. The van der Waals surface area contributed by atoms with Gasteiger partial charge in [0.2, 0.25) is 0 Å². The van der Waals surface area contributed by atoms with Gasteiger partial charge in [0.25, 0.3) is 0 Å². The van der Waals surface area contributed by atoms with E-state index in [1.807, 2.05) is 0 Å². The molecule has 0 amide bonds. The number of hydrogen-bond donors (Lipinski definition) is 1. The molecule has 3 heteroatoms. The highest BCUT2D eigenvalue weighted by Crippen LogP contribution is 2.06. The van der Waals surface area contributed by atoms with Gasteiger partial charge in [-0.2, -0.15) is 0 Å². The molecule has 0 radical (unpaired) electrons. The molecule has 0 spiro atoms. The third-order valence-corrected chi connectivity index (χ3v) is 5.06. The molecule has 11 heavy (non-hydrogen) atoms. The summed E-state index contributed by atoms with van der Waals surface area (Å²) in [5, 5.41) is 5.83. The number of nitrogens with two attached hydrogens (primary N) is 1. The molecule has 0 aliphatic rings. The van der Waals surface area contributed by atoms with Crippen molar-refractivity contribution in [2.75, 3.05) is 0 Å². The summed E-state index contributed by atoms with van der Waals surface area (Å²) < 4.78 is 0. The number of rotatable bonds is 7. The Balaban J connectivity index is 2.80. The highest BCUT2D eigenvalue weighted by Gasteiger charge is 1.95. The van der Waals surface area contributed by atoms with Crippen molar-refractivity contribution in [1.29, 1.82) is 0 Å². The van der Waals surface area contributed by atoms with Crippen molar-refractivity contribution in [3.8, 4) is 0 Å². The third-order valence-electron chi connectivity index (χ3n) is 2.01. The van der Waals surface area contributed by atoms with Crippen molar-refractivity contribution in [3.05, 3.63) is 0 Å². The van der Waals surface area contributed by atoms with Crippen LogP contribution in [0.5, 0.6) is 0 Å². The summed E-state index contributed by atoms with van der Waals surface area (Å²) in [6, 6.07) is 1.40. The Morgan fingerprint density at radius 2 is 1.64 bits per heavy atom. The van der Waals surface area contributed by atoms with Crippen LogP contribution in [0.3, 0.4) is 0 Å². The SMILES string of the molecule is CCCCCCCC[SiH](N)[SiH3]. The average Bonchev–Trinajstić information content (AvgIpc) is 1.96. The first-order chi connectivity index (χ1) is 5.27. The van der Waals surface area contributed by atoms with Gasteiger partial charge < -0.3 is 5.40 Å². The van der Waals surface area contributed by atoms with Gasteiger partial charge in [0.15, 0.2) is 0 Å². The van der Waals surface area contributed by atoms with E-state index < -0.39 is 8.48 Å². The topological polar surface area (TPSA) is 26.0 Å². The van der Waals surface area contributed by atoms with E-state index in [4.69, 9.17) is 5.40 Å². The van der Waals surface area contributed by atoms with Crippen LogP contribution < -0.4 is 5.40 Å². The van der Waals surface area contributed by atoms with E-state index >= 15 is 0 Å². The molecule has 0 aromatic heterocycles. The van der Waals surface area contributed by atoms with Crippen molar-refractivity contribution in [3.63, 3.8) is 0 Å². The molecule has 1 unspecified atom stereocenters. The summed E-state index contributed by atoms with van der Waals surface area (Å²) in [5.74, 6) is 0. The van der Waals surface area contributed by atoms with E-state index in [1.165, 1.54) is 54.3 Å². The maximum Gasteiger partial charge on any atom is 0.0850 e. The molecule has 0 saturated heterocycles. The Morgan fingerprint density at radius 1 is 1.09 bits per heavy atom. The minimum Gasteiger partial charge on any atom is -0.356 e. The molecule has 1 nitrogen and oxygen atoms in total. The maximum absolute atomic E-state index is 5.83. The molecule has 0 saturated carbocycles. The second-order valence-corrected chi connectivity index (χ2v) is 10.5. The van der Waals surface area contributed by atoms with Crippen LogP contribution >= 0.6 is 0 Å². The van der Waals surface area contributed by atoms with Crippen LogP contribution in [-0.2, 0) is 0 Å². The van der Waals surface area contributed by atoms with Crippen LogP contribution in [0.25, 0.3) is 0 Å². The van der Waals surface area contributed by atoms with Crippen LogP contribution in [0, 0.1) is 0 Å². The van der Waals surface area contributed by atoms with Crippen LogP contribution in [0.15, 0.2) is 0 Å². The average molecular weight is 189 g/mol. The van der Waals surface area contributed by atoms with Crippen molar-refractivity contribution in [2.45, 2.75) is 51.5 Å². The van der Waals surface area contributed by atoms with Gasteiger partial charge in [0, 0.05) is 9.76 Å². The lowest BCUT2D eigenvalue weighted by atomic mass is 10.1. The maximum atomic E-state index is 5.83. The number of unbranched alkanes of at least 4 members (excludes halogenated alkanes) is 5. The van der Waals surface area contributed by atoms with Crippen LogP contribution in [0.2, 0.25) is 6.04 Å². The molecular formula is C8H23NSi2. The molecule has 0 rings (SSSR count). The first-order valence-electron chi connectivity index (χ1n) is 5.03. The van der Waals surface area contributed by atoms with Gasteiger partial charge >= 0.3 is 0 Å². The van der Waals surface area contributed by atoms with Gasteiger partial charge in [-0.05, 0) is 0 Å². The Hall–Kier alpha value is 0.394. The summed E-state index contributed by atoms with van der Waals surface area (Å²) >= 11 is 0. The monoisotopic (exact) mass is 189 g/mol. The fraction of sp³-hybridized carbons (Fsp3) is 1.00. The second-order valence-electron chi connectivity index (χ2n) is 3.53. The van der Waals surface area contributed by atoms with Crippen molar-refractivity contribution in [2.24, 2.45) is 5.40 Å². The summed E-state index contributed by atoms with van der Waals surface area (Å²) in [5.41, 5.74) is 0. The second kappa shape index (κ2) is 8.49. The molecule has 0 aromatic carbocycles. The zero-order chi connectivity index (χ0) is 8.53. The van der Waals surface area contributed by atoms with E-state index in [0.29, 0.717) is 0 Å². The summed E-state index contributed by atoms with van der Waals surface area (Å²) in [6.45, 7) is 2.26. The lowest BCUT2D eigenvalue weighted by Crippen LogP contribution is -2.25. The lowest BCUT2D eigenvalue weighted by molar-refractivity contribution is 0.623. The predicted octanol–water partition coefficient (Wildman–Crippen LogP) is 0.891. The van der Waals surface area contributed by atoms with E-state index in [9.17, 15) is 0 Å². The Kier molecular flexibility index (Phi) is 8.79. The first-order valence-corrected chi connectivity index (χ1v) is 11.1. The standard InChI is InChI=1S/C8H23NSi2/c1-2-3-4-5-6-7-8-11(9)10/h11H,2-9H2,1,10H3. The van der Waals surface area contributed by atoms with Crippen molar-refractivity contribution in [1.82, 2.24) is 0 Å². The van der Waals surface area contributed by atoms with E-state index in [0.717, 1.165) is 0 Å². The Labute approximate surface area is 75.7 Å². The minimum absolute atomic E-state index is 0.590. The number of hydrogen-bond acceptors (Lipinski definition) is 1. The molecule has 2 N–H and O–H groups in total. The summed E-state index contributed by atoms with van der Waals surface area (Å²) in [6.07, 6.45) is 8.51. The van der Waals surface area contributed by atoms with Gasteiger partial charge in [0.1, 0.15) is 0 Å². The molecular weight excluding hydrogens is 166 g/mol. The molecule has 0 fully saturated rings. The Bertz CT molecular complexity index is 76.5. The zero-order valence-corrected chi connectivity index (χ0v) is 11.3. The van der Waals surface area contributed by atoms with Gasteiger partial charge in [0.05, 0.1) is 8.48 Å². The van der Waals surface area contributed by atoms with Crippen LogP contribution in [-0.4, -0.2) is 18.2 Å². The smallest absolute Gasteiger partial charge is 0.0850 e. The molecule has 0 aliphatic heterocycles. The van der Waals surface area contributed by atoms with Crippen molar-refractivity contribution < 1.29 is 0 Å². The molecule has 0 aliphatic carbocycles.